The number of rotatable bonds is 2. The zero-order chi connectivity index (χ0) is 18.8. The van der Waals surface area contributed by atoms with Crippen molar-refractivity contribution < 1.29 is 4.74 Å². The van der Waals surface area contributed by atoms with E-state index in [1.165, 1.54) is 16.3 Å². The first-order valence-electron chi connectivity index (χ1n) is 9.17. The van der Waals surface area contributed by atoms with E-state index >= 15 is 0 Å². The van der Waals surface area contributed by atoms with Gasteiger partial charge in [0.05, 0.1) is 7.11 Å². The van der Waals surface area contributed by atoms with Gasteiger partial charge in [0.15, 0.2) is 0 Å². The Labute approximate surface area is 156 Å². The summed E-state index contributed by atoms with van der Waals surface area (Å²) in [5, 5.41) is 4.95. The van der Waals surface area contributed by atoms with E-state index in [4.69, 9.17) is 4.74 Å². The molecule has 0 saturated carbocycles. The third kappa shape index (κ3) is 4.60. The van der Waals surface area contributed by atoms with Gasteiger partial charge in [-0.25, -0.2) is 0 Å². The largest absolute Gasteiger partial charge is 0.496 e. The smallest absolute Gasteiger partial charge is 0.126 e. The fourth-order valence-electron chi connectivity index (χ4n) is 2.87. The molecule has 0 saturated heterocycles. The quantitative estimate of drug-likeness (QED) is 0.404. The van der Waals surface area contributed by atoms with Crippen LogP contribution in [-0.4, -0.2) is 12.1 Å². The van der Waals surface area contributed by atoms with Crippen LogP contribution >= 0.6 is 0 Å². The van der Waals surface area contributed by atoms with E-state index in [0.717, 1.165) is 22.9 Å². The van der Waals surface area contributed by atoms with Crippen LogP contribution in [0.15, 0.2) is 79.1 Å². The van der Waals surface area contributed by atoms with E-state index in [-0.39, 0.29) is 0 Å². The molecule has 26 heavy (non-hydrogen) atoms. The summed E-state index contributed by atoms with van der Waals surface area (Å²) in [7, 11) is 1.68. The molecule has 0 radical (unpaired) electrons. The van der Waals surface area contributed by atoms with Crippen LogP contribution in [0.2, 0.25) is 0 Å². The highest BCUT2D eigenvalue weighted by molar-refractivity contribution is 5.87. The van der Waals surface area contributed by atoms with Crippen molar-refractivity contribution >= 4 is 21.5 Å². The molecule has 0 aliphatic rings. The average molecular weight is 345 g/mol. The molecule has 134 valence electrons. The van der Waals surface area contributed by atoms with Crippen molar-refractivity contribution in [3.63, 3.8) is 0 Å². The lowest BCUT2D eigenvalue weighted by atomic mass is 10.0. The highest BCUT2D eigenvalue weighted by atomic mass is 16.5. The number of benzene rings is 3. The lowest BCUT2D eigenvalue weighted by molar-refractivity contribution is 0.420. The molecule has 0 spiro atoms. The zero-order valence-corrected chi connectivity index (χ0v) is 16.1. The van der Waals surface area contributed by atoms with Crippen LogP contribution in [0.5, 0.6) is 5.75 Å². The number of hydrogen-bond donors (Lipinski definition) is 0. The molecule has 0 N–H and O–H groups in total. The fourth-order valence-corrected chi connectivity index (χ4v) is 2.87. The molecule has 0 atom stereocenters. The highest BCUT2D eigenvalue weighted by Crippen LogP contribution is 2.23. The molecule has 0 fully saturated rings. The Kier molecular flexibility index (Phi) is 7.63. The van der Waals surface area contributed by atoms with Crippen molar-refractivity contribution in [1.29, 1.82) is 0 Å². The van der Waals surface area contributed by atoms with Gasteiger partial charge in [0.2, 0.25) is 0 Å². The molecule has 0 bridgehead atoms. The van der Waals surface area contributed by atoms with Gasteiger partial charge in [-0.15, -0.1) is 0 Å². The number of aromatic nitrogens is 1. The first kappa shape index (κ1) is 19.5. The Morgan fingerprint density at radius 1 is 0.769 bits per heavy atom. The molecule has 4 rings (SSSR count). The molecule has 1 aromatic heterocycles. The van der Waals surface area contributed by atoms with Crippen LogP contribution in [0.1, 0.15) is 26.3 Å². The third-order valence-corrected chi connectivity index (χ3v) is 4.12. The molecule has 2 heteroatoms. The summed E-state index contributed by atoms with van der Waals surface area (Å²) >= 11 is 0. The van der Waals surface area contributed by atoms with Gasteiger partial charge in [0.25, 0.3) is 0 Å². The van der Waals surface area contributed by atoms with Gasteiger partial charge < -0.3 is 4.74 Å². The van der Waals surface area contributed by atoms with Crippen molar-refractivity contribution in [2.75, 3.05) is 7.11 Å². The number of pyridine rings is 1. The second-order valence-electron chi connectivity index (χ2n) is 5.55. The summed E-state index contributed by atoms with van der Waals surface area (Å²) in [4.78, 5) is 4.03. The van der Waals surface area contributed by atoms with Crippen LogP contribution in [0, 0.1) is 0 Å². The number of nitrogens with zero attached hydrogens (tertiary/aromatic N) is 1. The Balaban J connectivity index is 0.000000171. The standard InChI is InChI=1S/C12H12.C10H9NO.C2H6/c1-2-10-7-5-8-11-6-3-4-9-12(10)11;1-12-10-4-2-3-8-7-11-6-5-9(8)10;1-2/h3-9H,2H2,1H3;2-7H,1H3;1-2H3. The number of methoxy groups -OCH3 is 1. The van der Waals surface area contributed by atoms with E-state index in [0.29, 0.717) is 0 Å². The maximum Gasteiger partial charge on any atom is 0.126 e. The van der Waals surface area contributed by atoms with Crippen LogP contribution in [0.25, 0.3) is 21.5 Å². The molecule has 1 heterocycles. The summed E-state index contributed by atoms with van der Waals surface area (Å²) in [6.45, 7) is 6.20. The summed E-state index contributed by atoms with van der Waals surface area (Å²) in [6.07, 6.45) is 4.71. The number of hydrogen-bond acceptors (Lipinski definition) is 2. The molecular weight excluding hydrogens is 318 g/mol. The summed E-state index contributed by atoms with van der Waals surface area (Å²) < 4.78 is 5.20. The number of ether oxygens (including phenoxy) is 1. The Morgan fingerprint density at radius 3 is 2.23 bits per heavy atom. The summed E-state index contributed by atoms with van der Waals surface area (Å²) in [6, 6.07) is 22.9. The minimum absolute atomic E-state index is 0.898. The average Bonchev–Trinajstić information content (AvgIpc) is 2.74. The van der Waals surface area contributed by atoms with Gasteiger partial charge in [0, 0.05) is 23.2 Å². The Hall–Kier alpha value is -2.87. The minimum Gasteiger partial charge on any atom is -0.496 e. The van der Waals surface area contributed by atoms with Crippen molar-refractivity contribution in [1.82, 2.24) is 4.98 Å². The second-order valence-corrected chi connectivity index (χ2v) is 5.55. The SMILES string of the molecule is CC.CCc1cccc2ccccc12.COc1cccc2cnccc12. The first-order chi connectivity index (χ1) is 12.8. The molecule has 4 aromatic rings. The molecule has 0 aliphatic heterocycles. The van der Waals surface area contributed by atoms with E-state index < -0.39 is 0 Å². The highest BCUT2D eigenvalue weighted by Gasteiger charge is 1.98. The van der Waals surface area contributed by atoms with Crippen molar-refractivity contribution in [3.8, 4) is 5.75 Å². The molecule has 2 nitrogen and oxygen atoms in total. The second kappa shape index (κ2) is 10.2. The number of aryl methyl sites for hydroxylation is 1. The van der Waals surface area contributed by atoms with Crippen molar-refractivity contribution in [3.05, 3.63) is 84.7 Å². The lowest BCUT2D eigenvalue weighted by Crippen LogP contribution is -1.84. The van der Waals surface area contributed by atoms with E-state index in [1.54, 1.807) is 13.3 Å². The molecule has 0 amide bonds. The third-order valence-electron chi connectivity index (χ3n) is 4.12. The van der Waals surface area contributed by atoms with Crippen molar-refractivity contribution in [2.45, 2.75) is 27.2 Å². The molecule has 0 unspecified atom stereocenters. The van der Waals surface area contributed by atoms with Crippen molar-refractivity contribution in [2.24, 2.45) is 0 Å². The van der Waals surface area contributed by atoms with Crippen LogP contribution < -0.4 is 4.74 Å². The zero-order valence-electron chi connectivity index (χ0n) is 16.1. The van der Waals surface area contributed by atoms with Gasteiger partial charge in [-0.05, 0) is 34.9 Å². The van der Waals surface area contributed by atoms with Crippen LogP contribution in [-0.2, 0) is 6.42 Å². The van der Waals surface area contributed by atoms with E-state index in [9.17, 15) is 0 Å². The monoisotopic (exact) mass is 345 g/mol. The summed E-state index contributed by atoms with van der Waals surface area (Å²) in [5.41, 5.74) is 1.44. The van der Waals surface area contributed by atoms with Crippen LogP contribution in [0.4, 0.5) is 0 Å². The number of fused-ring (bicyclic) bond motifs is 2. The summed E-state index contributed by atoms with van der Waals surface area (Å²) in [5.74, 6) is 0.898. The maximum absolute atomic E-state index is 5.20. The Morgan fingerprint density at radius 2 is 1.46 bits per heavy atom. The predicted molar refractivity (Wildman–Crippen MR) is 113 cm³/mol. The first-order valence-corrected chi connectivity index (χ1v) is 9.17. The molecule has 3 aromatic carbocycles. The van der Waals surface area contributed by atoms with E-state index in [2.05, 4.69) is 54.4 Å². The predicted octanol–water partition coefficient (Wildman–Crippen LogP) is 6.67. The molecular formula is C24H27NO. The lowest BCUT2D eigenvalue weighted by Gasteiger charge is -2.02. The topological polar surface area (TPSA) is 22.1 Å². The van der Waals surface area contributed by atoms with Gasteiger partial charge in [-0.3, -0.25) is 4.98 Å². The van der Waals surface area contributed by atoms with Gasteiger partial charge >= 0.3 is 0 Å². The normalized spacial score (nSPS) is 9.69. The Bertz CT molecular complexity index is 857. The fraction of sp³-hybridized carbons (Fsp3) is 0.208. The molecule has 0 aliphatic carbocycles. The van der Waals surface area contributed by atoms with E-state index in [1.807, 2.05) is 44.3 Å². The van der Waals surface area contributed by atoms with Gasteiger partial charge in [-0.1, -0.05) is 75.4 Å². The van der Waals surface area contributed by atoms with Gasteiger partial charge in [0.1, 0.15) is 5.75 Å². The van der Waals surface area contributed by atoms with Crippen LogP contribution in [0.3, 0.4) is 0 Å². The minimum atomic E-state index is 0.898. The van der Waals surface area contributed by atoms with Gasteiger partial charge in [-0.2, -0.15) is 0 Å². The maximum atomic E-state index is 5.20.